The molecule has 2 aliphatic rings. The number of hydrogen-bond acceptors (Lipinski definition) is 4. The standard InChI is InChI=1S/C7H13NO3S.ClH/c9-12(10)4-1-6(5-12)7-8-2-3-11-7;/h6-8H,1-5H2;1H. The summed E-state index contributed by atoms with van der Waals surface area (Å²) in [5.41, 5.74) is 0. The first-order valence-corrected chi connectivity index (χ1v) is 6.05. The molecule has 2 atom stereocenters. The molecule has 0 bridgehead atoms. The Labute approximate surface area is 84.4 Å². The first kappa shape index (κ1) is 11.2. The van der Waals surface area contributed by atoms with Gasteiger partial charge in [-0.3, -0.25) is 5.32 Å². The van der Waals surface area contributed by atoms with Crippen molar-refractivity contribution in [2.45, 2.75) is 12.6 Å². The third kappa shape index (κ3) is 2.56. The van der Waals surface area contributed by atoms with Gasteiger partial charge in [-0.2, -0.15) is 0 Å². The number of ether oxygens (including phenoxy) is 1. The Morgan fingerprint density at radius 3 is 2.62 bits per heavy atom. The van der Waals surface area contributed by atoms with Crippen molar-refractivity contribution < 1.29 is 13.2 Å². The van der Waals surface area contributed by atoms with E-state index in [4.69, 9.17) is 4.74 Å². The lowest BCUT2D eigenvalue weighted by atomic mass is 10.1. The van der Waals surface area contributed by atoms with Gasteiger partial charge in [-0.1, -0.05) is 0 Å². The summed E-state index contributed by atoms with van der Waals surface area (Å²) in [6, 6.07) is 0. The molecule has 2 heterocycles. The zero-order valence-electron chi connectivity index (χ0n) is 7.23. The smallest absolute Gasteiger partial charge is 0.150 e. The van der Waals surface area contributed by atoms with Crippen LogP contribution in [0.4, 0.5) is 0 Å². The summed E-state index contributed by atoms with van der Waals surface area (Å²) in [5.74, 6) is 0.807. The molecule has 2 saturated heterocycles. The van der Waals surface area contributed by atoms with Crippen molar-refractivity contribution in [2.24, 2.45) is 5.92 Å². The minimum atomic E-state index is -2.75. The van der Waals surface area contributed by atoms with Gasteiger partial charge >= 0.3 is 0 Å². The summed E-state index contributed by atoms with van der Waals surface area (Å²) in [4.78, 5) is 0. The van der Waals surface area contributed by atoms with Crippen molar-refractivity contribution in [3.8, 4) is 0 Å². The van der Waals surface area contributed by atoms with Gasteiger partial charge in [0.25, 0.3) is 0 Å². The van der Waals surface area contributed by atoms with Gasteiger partial charge in [-0.15, -0.1) is 12.4 Å². The van der Waals surface area contributed by atoms with Crippen LogP contribution in [0.1, 0.15) is 6.42 Å². The van der Waals surface area contributed by atoms with Crippen LogP contribution >= 0.6 is 12.4 Å². The highest BCUT2D eigenvalue weighted by Gasteiger charge is 2.35. The van der Waals surface area contributed by atoms with E-state index in [9.17, 15) is 8.42 Å². The molecule has 0 spiro atoms. The summed E-state index contributed by atoms with van der Waals surface area (Å²) >= 11 is 0. The van der Waals surface area contributed by atoms with Gasteiger partial charge in [0.15, 0.2) is 9.84 Å². The van der Waals surface area contributed by atoms with Crippen LogP contribution in [-0.2, 0) is 14.6 Å². The fourth-order valence-corrected chi connectivity index (χ4v) is 3.63. The molecule has 0 amide bonds. The summed E-state index contributed by atoms with van der Waals surface area (Å²) in [6.45, 7) is 1.56. The van der Waals surface area contributed by atoms with Crippen LogP contribution in [0.5, 0.6) is 0 Å². The fraction of sp³-hybridized carbons (Fsp3) is 1.00. The predicted octanol–water partition coefficient (Wildman–Crippen LogP) is -0.211. The normalized spacial score (nSPS) is 37.2. The van der Waals surface area contributed by atoms with Crippen LogP contribution in [0.25, 0.3) is 0 Å². The SMILES string of the molecule is Cl.O=S1(=O)CCC(C2NCCO2)C1. The molecule has 0 aliphatic carbocycles. The molecule has 0 aromatic heterocycles. The van der Waals surface area contributed by atoms with Gasteiger partial charge in [-0.05, 0) is 6.42 Å². The Hall–Kier alpha value is 0.160. The zero-order chi connectivity index (χ0) is 8.60. The summed E-state index contributed by atoms with van der Waals surface area (Å²) in [6.07, 6.45) is 0.738. The van der Waals surface area contributed by atoms with Crippen LogP contribution in [-0.4, -0.2) is 39.3 Å². The van der Waals surface area contributed by atoms with Crippen LogP contribution < -0.4 is 5.32 Å². The van der Waals surface area contributed by atoms with Crippen molar-refractivity contribution in [2.75, 3.05) is 24.7 Å². The molecule has 2 aliphatic heterocycles. The molecule has 0 saturated carbocycles. The molecular formula is C7H14ClNO3S. The fourth-order valence-electron chi connectivity index (χ4n) is 1.81. The zero-order valence-corrected chi connectivity index (χ0v) is 8.86. The van der Waals surface area contributed by atoms with E-state index in [1.165, 1.54) is 0 Å². The lowest BCUT2D eigenvalue weighted by molar-refractivity contribution is 0.0610. The lowest BCUT2D eigenvalue weighted by Crippen LogP contribution is -2.32. The van der Waals surface area contributed by atoms with E-state index in [2.05, 4.69) is 5.32 Å². The Morgan fingerprint density at radius 2 is 2.15 bits per heavy atom. The third-order valence-corrected chi connectivity index (χ3v) is 4.23. The molecular weight excluding hydrogens is 214 g/mol. The largest absolute Gasteiger partial charge is 0.362 e. The molecule has 0 aromatic carbocycles. The second-order valence-electron chi connectivity index (χ2n) is 3.41. The van der Waals surface area contributed by atoms with Gasteiger partial charge in [-0.25, -0.2) is 8.42 Å². The Kier molecular flexibility index (Phi) is 3.57. The molecule has 0 radical (unpaired) electrons. The molecule has 13 heavy (non-hydrogen) atoms. The molecule has 2 fully saturated rings. The number of rotatable bonds is 1. The first-order chi connectivity index (χ1) is 5.67. The molecule has 0 aromatic rings. The van der Waals surface area contributed by atoms with Gasteiger partial charge in [0.2, 0.25) is 0 Å². The molecule has 2 unspecified atom stereocenters. The molecule has 6 heteroatoms. The third-order valence-electron chi connectivity index (χ3n) is 2.44. The molecule has 4 nitrogen and oxygen atoms in total. The Morgan fingerprint density at radius 1 is 1.38 bits per heavy atom. The number of hydrogen-bond donors (Lipinski definition) is 1. The maximum absolute atomic E-state index is 11.1. The van der Waals surface area contributed by atoms with Crippen LogP contribution in [0.2, 0.25) is 0 Å². The van der Waals surface area contributed by atoms with E-state index < -0.39 is 9.84 Å². The number of halogens is 1. The van der Waals surface area contributed by atoms with E-state index in [0.717, 1.165) is 13.0 Å². The minimum Gasteiger partial charge on any atom is -0.362 e. The van der Waals surface area contributed by atoms with Gasteiger partial charge < -0.3 is 4.74 Å². The number of nitrogens with one attached hydrogen (secondary N) is 1. The average molecular weight is 228 g/mol. The van der Waals surface area contributed by atoms with Crippen molar-refractivity contribution in [3.63, 3.8) is 0 Å². The quantitative estimate of drug-likeness (QED) is 0.674. The molecule has 78 valence electrons. The van der Waals surface area contributed by atoms with Crippen molar-refractivity contribution in [1.29, 1.82) is 0 Å². The molecule has 2 rings (SSSR count). The highest BCUT2D eigenvalue weighted by Crippen LogP contribution is 2.23. The van der Waals surface area contributed by atoms with E-state index in [1.54, 1.807) is 0 Å². The van der Waals surface area contributed by atoms with Gasteiger partial charge in [0, 0.05) is 12.5 Å². The summed E-state index contributed by atoms with van der Waals surface area (Å²) < 4.78 is 27.6. The Bertz CT molecular complexity index is 261. The van der Waals surface area contributed by atoms with E-state index in [0.29, 0.717) is 18.1 Å². The molecule has 1 N–H and O–H groups in total. The van der Waals surface area contributed by atoms with Crippen molar-refractivity contribution in [1.82, 2.24) is 5.32 Å². The average Bonchev–Trinajstić information content (AvgIpc) is 2.55. The highest BCUT2D eigenvalue weighted by atomic mass is 35.5. The topological polar surface area (TPSA) is 55.4 Å². The Balaban J connectivity index is 0.000000845. The van der Waals surface area contributed by atoms with Gasteiger partial charge in [0.1, 0.15) is 6.23 Å². The second kappa shape index (κ2) is 4.13. The second-order valence-corrected chi connectivity index (χ2v) is 5.64. The highest BCUT2D eigenvalue weighted by molar-refractivity contribution is 7.91. The first-order valence-electron chi connectivity index (χ1n) is 4.23. The summed E-state index contributed by atoms with van der Waals surface area (Å²) in [5, 5.41) is 3.15. The van der Waals surface area contributed by atoms with Crippen LogP contribution in [0.3, 0.4) is 0 Å². The van der Waals surface area contributed by atoms with Crippen molar-refractivity contribution >= 4 is 22.2 Å². The number of sulfone groups is 1. The predicted molar refractivity (Wildman–Crippen MR) is 51.8 cm³/mol. The maximum Gasteiger partial charge on any atom is 0.150 e. The van der Waals surface area contributed by atoms with E-state index >= 15 is 0 Å². The van der Waals surface area contributed by atoms with Crippen molar-refractivity contribution in [3.05, 3.63) is 0 Å². The summed E-state index contributed by atoms with van der Waals surface area (Å²) in [7, 11) is -2.75. The maximum atomic E-state index is 11.1. The van der Waals surface area contributed by atoms with Gasteiger partial charge in [0.05, 0.1) is 18.1 Å². The van der Waals surface area contributed by atoms with Crippen LogP contribution in [0.15, 0.2) is 0 Å². The van der Waals surface area contributed by atoms with E-state index in [1.807, 2.05) is 0 Å². The minimum absolute atomic E-state index is 0. The van der Waals surface area contributed by atoms with E-state index in [-0.39, 0.29) is 24.6 Å². The lowest BCUT2D eigenvalue weighted by Gasteiger charge is -2.15. The monoisotopic (exact) mass is 227 g/mol. The van der Waals surface area contributed by atoms with Crippen LogP contribution in [0, 0.1) is 5.92 Å².